The minimum Gasteiger partial charge on any atom is -0.225 e. The second-order valence-electron chi connectivity index (χ2n) is 4.12. The molecule has 1 aromatic heterocycles. The van der Waals surface area contributed by atoms with E-state index in [1.165, 1.54) is 6.07 Å². The maximum Gasteiger partial charge on any atom is 0.213 e. The lowest BCUT2D eigenvalue weighted by Crippen LogP contribution is -2.19. The standard InChI is InChI=1S/C11H15F2N/c1-4-5-11(2,3)8-6-10(13)14-7-9(8)12/h6-7H,4-5H2,1-3H3. The summed E-state index contributed by atoms with van der Waals surface area (Å²) in [7, 11) is 0. The fourth-order valence-corrected chi connectivity index (χ4v) is 1.69. The molecule has 0 amide bonds. The molecule has 0 radical (unpaired) electrons. The van der Waals surface area contributed by atoms with E-state index in [1.807, 2.05) is 20.8 Å². The van der Waals surface area contributed by atoms with E-state index in [0.29, 0.717) is 5.56 Å². The Hall–Kier alpha value is -0.990. The molecule has 1 nitrogen and oxygen atoms in total. The van der Waals surface area contributed by atoms with Gasteiger partial charge < -0.3 is 0 Å². The molecule has 0 aromatic carbocycles. The molecule has 0 N–H and O–H groups in total. The molecule has 0 aliphatic heterocycles. The summed E-state index contributed by atoms with van der Waals surface area (Å²) >= 11 is 0. The number of rotatable bonds is 3. The summed E-state index contributed by atoms with van der Waals surface area (Å²) in [5.41, 5.74) is 0.0784. The highest BCUT2D eigenvalue weighted by Crippen LogP contribution is 2.30. The smallest absolute Gasteiger partial charge is 0.213 e. The first-order valence-corrected chi connectivity index (χ1v) is 4.79. The average molecular weight is 199 g/mol. The van der Waals surface area contributed by atoms with Gasteiger partial charge in [0, 0.05) is 0 Å². The highest BCUT2D eigenvalue weighted by molar-refractivity contribution is 5.22. The van der Waals surface area contributed by atoms with Gasteiger partial charge in [-0.2, -0.15) is 4.39 Å². The van der Waals surface area contributed by atoms with Crippen LogP contribution in [-0.4, -0.2) is 4.98 Å². The van der Waals surface area contributed by atoms with Gasteiger partial charge in [-0.3, -0.25) is 0 Å². The van der Waals surface area contributed by atoms with Gasteiger partial charge in [0.1, 0.15) is 5.82 Å². The molecule has 0 fully saturated rings. The van der Waals surface area contributed by atoms with Gasteiger partial charge >= 0.3 is 0 Å². The number of hydrogen-bond donors (Lipinski definition) is 0. The Kier molecular flexibility index (Phi) is 3.19. The molecule has 0 atom stereocenters. The first kappa shape index (κ1) is 11.1. The van der Waals surface area contributed by atoms with Gasteiger partial charge in [0.15, 0.2) is 0 Å². The van der Waals surface area contributed by atoms with E-state index in [0.717, 1.165) is 19.0 Å². The minimum atomic E-state index is -0.620. The zero-order valence-electron chi connectivity index (χ0n) is 8.77. The molecule has 0 saturated carbocycles. The first-order chi connectivity index (χ1) is 6.47. The molecule has 1 rings (SSSR count). The molecule has 0 aliphatic carbocycles. The van der Waals surface area contributed by atoms with Crippen LogP contribution in [-0.2, 0) is 5.41 Å². The largest absolute Gasteiger partial charge is 0.225 e. The topological polar surface area (TPSA) is 12.9 Å². The number of hydrogen-bond acceptors (Lipinski definition) is 1. The minimum absolute atomic E-state index is 0.331. The number of pyridine rings is 1. The molecular formula is C11H15F2N. The van der Waals surface area contributed by atoms with Gasteiger partial charge in [0.2, 0.25) is 5.95 Å². The lowest BCUT2D eigenvalue weighted by Gasteiger charge is -2.24. The van der Waals surface area contributed by atoms with Gasteiger partial charge in [-0.15, -0.1) is 0 Å². The number of halogens is 2. The molecule has 0 aliphatic rings. The monoisotopic (exact) mass is 199 g/mol. The van der Waals surface area contributed by atoms with Crippen molar-refractivity contribution in [2.75, 3.05) is 0 Å². The van der Waals surface area contributed by atoms with Crippen LogP contribution in [0.15, 0.2) is 12.3 Å². The average Bonchev–Trinajstić information content (AvgIpc) is 2.09. The highest BCUT2D eigenvalue weighted by Gasteiger charge is 2.23. The zero-order chi connectivity index (χ0) is 10.8. The molecular weight excluding hydrogens is 184 g/mol. The Morgan fingerprint density at radius 1 is 1.36 bits per heavy atom. The van der Waals surface area contributed by atoms with Gasteiger partial charge in [-0.25, -0.2) is 9.37 Å². The van der Waals surface area contributed by atoms with Crippen LogP contribution in [0.25, 0.3) is 0 Å². The molecule has 78 valence electrons. The summed E-state index contributed by atoms with van der Waals surface area (Å²) in [6.07, 6.45) is 2.71. The predicted octanol–water partition coefficient (Wildman–Crippen LogP) is 3.44. The molecule has 0 unspecified atom stereocenters. The molecule has 1 aromatic rings. The fraction of sp³-hybridized carbons (Fsp3) is 0.545. The molecule has 0 spiro atoms. The van der Waals surface area contributed by atoms with Gasteiger partial charge in [0.05, 0.1) is 6.20 Å². The van der Waals surface area contributed by atoms with Crippen molar-refractivity contribution in [1.82, 2.24) is 4.98 Å². The van der Waals surface area contributed by atoms with Crippen molar-refractivity contribution in [3.63, 3.8) is 0 Å². The van der Waals surface area contributed by atoms with Gasteiger partial charge in [-0.05, 0) is 23.5 Å². The van der Waals surface area contributed by atoms with Gasteiger partial charge in [-0.1, -0.05) is 27.2 Å². The zero-order valence-corrected chi connectivity index (χ0v) is 8.77. The van der Waals surface area contributed by atoms with E-state index >= 15 is 0 Å². The summed E-state index contributed by atoms with van der Waals surface area (Å²) < 4.78 is 26.2. The Bertz CT molecular complexity index is 321. The maximum atomic E-state index is 13.4. The third-order valence-corrected chi connectivity index (χ3v) is 2.43. The van der Waals surface area contributed by atoms with Crippen LogP contribution in [0.1, 0.15) is 39.2 Å². The fourth-order valence-electron chi connectivity index (χ4n) is 1.69. The summed E-state index contributed by atoms with van der Waals surface area (Å²) in [5.74, 6) is -1.05. The Morgan fingerprint density at radius 2 is 2.00 bits per heavy atom. The first-order valence-electron chi connectivity index (χ1n) is 4.79. The van der Waals surface area contributed by atoms with Crippen molar-refractivity contribution in [3.05, 3.63) is 29.6 Å². The van der Waals surface area contributed by atoms with E-state index in [2.05, 4.69) is 4.98 Å². The van der Waals surface area contributed by atoms with Crippen LogP contribution in [0.4, 0.5) is 8.78 Å². The summed E-state index contributed by atoms with van der Waals surface area (Å²) in [6.45, 7) is 5.85. The van der Waals surface area contributed by atoms with E-state index in [1.54, 1.807) is 0 Å². The highest BCUT2D eigenvalue weighted by atomic mass is 19.1. The summed E-state index contributed by atoms with van der Waals surface area (Å²) in [5, 5.41) is 0. The van der Waals surface area contributed by atoms with E-state index < -0.39 is 11.8 Å². The van der Waals surface area contributed by atoms with Crippen LogP contribution in [0.5, 0.6) is 0 Å². The van der Waals surface area contributed by atoms with Crippen LogP contribution >= 0.6 is 0 Å². The van der Waals surface area contributed by atoms with Crippen LogP contribution < -0.4 is 0 Å². The molecule has 3 heteroatoms. The second kappa shape index (κ2) is 4.03. The van der Waals surface area contributed by atoms with Crippen molar-refractivity contribution < 1.29 is 8.78 Å². The number of nitrogens with zero attached hydrogens (tertiary/aromatic N) is 1. The van der Waals surface area contributed by atoms with Crippen LogP contribution in [0, 0.1) is 11.8 Å². The van der Waals surface area contributed by atoms with Crippen molar-refractivity contribution in [3.8, 4) is 0 Å². The Morgan fingerprint density at radius 3 is 2.57 bits per heavy atom. The van der Waals surface area contributed by atoms with Crippen molar-refractivity contribution in [2.24, 2.45) is 0 Å². The number of aromatic nitrogens is 1. The lowest BCUT2D eigenvalue weighted by molar-refractivity contribution is 0.435. The lowest BCUT2D eigenvalue weighted by atomic mass is 9.81. The van der Waals surface area contributed by atoms with E-state index in [4.69, 9.17) is 0 Å². The molecule has 0 bridgehead atoms. The second-order valence-corrected chi connectivity index (χ2v) is 4.12. The van der Waals surface area contributed by atoms with Crippen molar-refractivity contribution in [2.45, 2.75) is 39.0 Å². The van der Waals surface area contributed by atoms with E-state index in [9.17, 15) is 8.78 Å². The molecule has 0 saturated heterocycles. The van der Waals surface area contributed by atoms with E-state index in [-0.39, 0.29) is 5.41 Å². The van der Waals surface area contributed by atoms with Crippen molar-refractivity contribution in [1.29, 1.82) is 0 Å². The third kappa shape index (κ3) is 2.28. The van der Waals surface area contributed by atoms with Crippen molar-refractivity contribution >= 4 is 0 Å². The Balaban J connectivity index is 3.10. The predicted molar refractivity (Wildman–Crippen MR) is 52.1 cm³/mol. The quantitative estimate of drug-likeness (QED) is 0.679. The van der Waals surface area contributed by atoms with Gasteiger partial charge in [0.25, 0.3) is 0 Å². The summed E-state index contributed by atoms with van der Waals surface area (Å²) in [6, 6.07) is 1.19. The van der Waals surface area contributed by atoms with Crippen LogP contribution in [0.2, 0.25) is 0 Å². The normalized spacial score (nSPS) is 11.8. The maximum absolute atomic E-state index is 13.4. The molecule has 1 heterocycles. The van der Waals surface area contributed by atoms with Crippen LogP contribution in [0.3, 0.4) is 0 Å². The Labute approximate surface area is 83.2 Å². The SMILES string of the molecule is CCCC(C)(C)c1cc(F)ncc1F. The molecule has 14 heavy (non-hydrogen) atoms. The summed E-state index contributed by atoms with van der Waals surface area (Å²) in [4.78, 5) is 3.27. The third-order valence-electron chi connectivity index (χ3n) is 2.43.